The van der Waals surface area contributed by atoms with E-state index in [4.69, 9.17) is 4.74 Å². The highest BCUT2D eigenvalue weighted by molar-refractivity contribution is 5.94. The van der Waals surface area contributed by atoms with E-state index in [0.717, 1.165) is 15.8 Å². The molecule has 0 bridgehead atoms. The number of carbonyl (C=O) groups excluding carboxylic acids is 3. The van der Waals surface area contributed by atoms with Crippen molar-refractivity contribution in [1.82, 2.24) is 20.5 Å². The first-order chi connectivity index (χ1) is 17.0. The second kappa shape index (κ2) is 10.9. The Kier molecular flexibility index (Phi) is 7.31. The van der Waals surface area contributed by atoms with Crippen LogP contribution in [0.15, 0.2) is 84.9 Å². The van der Waals surface area contributed by atoms with Gasteiger partial charge >= 0.3 is 12.0 Å². The SMILES string of the molecule is O=C(CNC(=O)OCc1ccccc1)N[C@@H](Cc1ccccc1)C(=O)n1n[n+]([O-])c2ccccc21. The molecule has 0 aliphatic heterocycles. The molecule has 0 fully saturated rings. The number of hydrogen-bond acceptors (Lipinski definition) is 6. The molecule has 2 amide bonds. The Bertz CT molecular complexity index is 1320. The second-order valence-corrected chi connectivity index (χ2v) is 7.73. The lowest BCUT2D eigenvalue weighted by atomic mass is 10.1. The van der Waals surface area contributed by atoms with E-state index in [9.17, 15) is 19.6 Å². The fraction of sp³-hybridized carbons (Fsp3) is 0.160. The Labute approximate surface area is 200 Å². The topological polar surface area (TPSA) is 129 Å². The number of carbonyl (C=O) groups is 3. The lowest BCUT2D eigenvalue weighted by Crippen LogP contribution is -2.49. The number of rotatable bonds is 8. The fourth-order valence-electron chi connectivity index (χ4n) is 3.51. The fourth-order valence-corrected chi connectivity index (χ4v) is 3.51. The zero-order chi connectivity index (χ0) is 24.6. The number of hydrogen-bond donors (Lipinski definition) is 2. The minimum atomic E-state index is -1.03. The Morgan fingerprint density at radius 3 is 2.26 bits per heavy atom. The molecule has 35 heavy (non-hydrogen) atoms. The van der Waals surface area contributed by atoms with Gasteiger partial charge in [-0.15, -0.1) is 4.85 Å². The van der Waals surface area contributed by atoms with Gasteiger partial charge in [0.15, 0.2) is 0 Å². The van der Waals surface area contributed by atoms with E-state index in [0.29, 0.717) is 10.4 Å². The average molecular weight is 473 g/mol. The number of nitrogens with one attached hydrogen (secondary N) is 2. The molecule has 2 N–H and O–H groups in total. The van der Waals surface area contributed by atoms with Crippen LogP contribution in [0.3, 0.4) is 0 Å². The van der Waals surface area contributed by atoms with Crippen molar-refractivity contribution in [3.63, 3.8) is 0 Å². The van der Waals surface area contributed by atoms with E-state index in [2.05, 4.69) is 15.8 Å². The quantitative estimate of drug-likeness (QED) is 0.297. The predicted octanol–water partition coefficient (Wildman–Crippen LogP) is 1.96. The van der Waals surface area contributed by atoms with Crippen LogP contribution >= 0.6 is 0 Å². The maximum Gasteiger partial charge on any atom is 0.407 e. The van der Waals surface area contributed by atoms with E-state index in [1.807, 2.05) is 60.7 Å². The molecule has 4 rings (SSSR count). The molecule has 1 atom stereocenters. The minimum Gasteiger partial charge on any atom is -0.691 e. The molecule has 0 spiro atoms. The van der Waals surface area contributed by atoms with Gasteiger partial charge in [0.25, 0.3) is 0 Å². The van der Waals surface area contributed by atoms with Gasteiger partial charge in [-0.2, -0.15) is 0 Å². The Morgan fingerprint density at radius 2 is 1.54 bits per heavy atom. The van der Waals surface area contributed by atoms with E-state index < -0.39 is 30.5 Å². The van der Waals surface area contributed by atoms with Crippen LogP contribution in [-0.2, 0) is 22.6 Å². The zero-order valence-corrected chi connectivity index (χ0v) is 18.7. The molecular formula is C25H23N5O5. The largest absolute Gasteiger partial charge is 0.691 e. The number of para-hydroxylation sites is 2. The van der Waals surface area contributed by atoms with Crippen LogP contribution in [0.2, 0.25) is 0 Å². The molecule has 0 aliphatic carbocycles. The summed E-state index contributed by atoms with van der Waals surface area (Å²) in [4.78, 5) is 38.3. The van der Waals surface area contributed by atoms with E-state index in [1.165, 1.54) is 0 Å². The molecule has 0 saturated carbocycles. The molecule has 3 aromatic carbocycles. The maximum atomic E-state index is 13.3. The van der Waals surface area contributed by atoms with Crippen molar-refractivity contribution in [2.75, 3.05) is 6.54 Å². The van der Waals surface area contributed by atoms with Gasteiger partial charge in [-0.05, 0) is 23.3 Å². The first kappa shape index (κ1) is 23.4. The summed E-state index contributed by atoms with van der Waals surface area (Å²) >= 11 is 0. The molecule has 10 nitrogen and oxygen atoms in total. The van der Waals surface area contributed by atoms with E-state index in [-0.39, 0.29) is 18.5 Å². The Balaban J connectivity index is 1.43. The van der Waals surface area contributed by atoms with Crippen LogP contribution in [0, 0.1) is 5.21 Å². The Hall–Kier alpha value is -4.73. The van der Waals surface area contributed by atoms with Crippen LogP contribution in [0.5, 0.6) is 0 Å². The molecular weight excluding hydrogens is 450 g/mol. The lowest BCUT2D eigenvalue weighted by molar-refractivity contribution is -0.645. The van der Waals surface area contributed by atoms with Gasteiger partial charge in [0, 0.05) is 6.42 Å². The van der Waals surface area contributed by atoms with Gasteiger partial charge in [-0.1, -0.05) is 77.5 Å². The molecule has 1 heterocycles. The minimum absolute atomic E-state index is 0.0605. The van der Waals surface area contributed by atoms with Crippen molar-refractivity contribution in [2.45, 2.75) is 19.1 Å². The average Bonchev–Trinajstić information content (AvgIpc) is 3.23. The summed E-state index contributed by atoms with van der Waals surface area (Å²) in [6.07, 6.45) is -0.600. The second-order valence-electron chi connectivity index (χ2n) is 7.73. The van der Waals surface area contributed by atoms with Crippen molar-refractivity contribution >= 4 is 28.9 Å². The third kappa shape index (κ3) is 5.99. The van der Waals surface area contributed by atoms with Crippen molar-refractivity contribution < 1.29 is 24.0 Å². The first-order valence-corrected chi connectivity index (χ1v) is 10.9. The highest BCUT2D eigenvalue weighted by Crippen LogP contribution is 2.11. The molecule has 0 saturated heterocycles. The third-order valence-electron chi connectivity index (χ3n) is 5.22. The Morgan fingerprint density at radius 1 is 0.914 bits per heavy atom. The number of nitrogens with zero attached hydrogens (tertiary/aromatic N) is 3. The highest BCUT2D eigenvalue weighted by Gasteiger charge is 2.31. The highest BCUT2D eigenvalue weighted by atomic mass is 16.5. The smallest absolute Gasteiger partial charge is 0.407 e. The van der Waals surface area contributed by atoms with E-state index >= 15 is 0 Å². The number of alkyl carbamates (subject to hydrolysis) is 1. The van der Waals surface area contributed by atoms with Crippen LogP contribution in [0.25, 0.3) is 11.0 Å². The lowest BCUT2D eigenvalue weighted by Gasteiger charge is -2.15. The molecule has 4 aromatic rings. The molecule has 0 aliphatic rings. The van der Waals surface area contributed by atoms with Gasteiger partial charge in [0.1, 0.15) is 24.4 Å². The molecule has 0 radical (unpaired) electrons. The van der Waals surface area contributed by atoms with Crippen molar-refractivity contribution in [2.24, 2.45) is 0 Å². The molecule has 178 valence electrons. The molecule has 10 heteroatoms. The van der Waals surface area contributed by atoms with Crippen LogP contribution < -0.4 is 15.5 Å². The van der Waals surface area contributed by atoms with Crippen LogP contribution in [0.1, 0.15) is 15.9 Å². The summed E-state index contributed by atoms with van der Waals surface area (Å²) in [6, 6.07) is 23.7. The maximum absolute atomic E-state index is 13.3. The van der Waals surface area contributed by atoms with Crippen LogP contribution in [-0.4, -0.2) is 40.4 Å². The van der Waals surface area contributed by atoms with Gasteiger partial charge in [-0.3, -0.25) is 4.79 Å². The van der Waals surface area contributed by atoms with Gasteiger partial charge in [0.2, 0.25) is 16.9 Å². The van der Waals surface area contributed by atoms with Crippen LogP contribution in [0.4, 0.5) is 4.79 Å². The van der Waals surface area contributed by atoms with Crippen molar-refractivity contribution in [3.05, 3.63) is 101 Å². The number of fused-ring (bicyclic) bond motifs is 1. The number of benzene rings is 3. The zero-order valence-electron chi connectivity index (χ0n) is 18.7. The normalized spacial score (nSPS) is 11.5. The summed E-state index contributed by atoms with van der Waals surface area (Å²) < 4.78 is 6.08. The monoisotopic (exact) mass is 473 g/mol. The molecule has 1 aromatic heterocycles. The van der Waals surface area contributed by atoms with Gasteiger partial charge in [-0.25, -0.2) is 9.59 Å². The molecule has 0 unspecified atom stereocenters. The van der Waals surface area contributed by atoms with Gasteiger partial charge < -0.3 is 20.6 Å². The third-order valence-corrected chi connectivity index (χ3v) is 5.22. The number of aromatic nitrogens is 3. The summed E-state index contributed by atoms with van der Waals surface area (Å²) in [5.41, 5.74) is 2.16. The van der Waals surface area contributed by atoms with Crippen molar-refractivity contribution in [1.29, 1.82) is 0 Å². The summed E-state index contributed by atoms with van der Waals surface area (Å²) in [7, 11) is 0. The van der Waals surface area contributed by atoms with Crippen molar-refractivity contribution in [3.8, 4) is 0 Å². The number of amides is 2. The number of ether oxygens (including phenoxy) is 1. The summed E-state index contributed by atoms with van der Waals surface area (Å²) in [5.74, 6) is -1.18. The summed E-state index contributed by atoms with van der Waals surface area (Å²) in [5, 5.41) is 20.9. The van der Waals surface area contributed by atoms with Gasteiger partial charge in [0.05, 0.1) is 0 Å². The summed E-state index contributed by atoms with van der Waals surface area (Å²) in [6.45, 7) is -0.335. The first-order valence-electron chi connectivity index (χ1n) is 10.9. The predicted molar refractivity (Wildman–Crippen MR) is 126 cm³/mol. The van der Waals surface area contributed by atoms with E-state index in [1.54, 1.807) is 24.3 Å². The standard InChI is InChI=1S/C25H23N5O5/c31-23(16-26-25(33)35-17-19-11-5-2-6-12-19)27-20(15-18-9-3-1-4-10-18)24(32)29-21-13-7-8-14-22(21)30(34)28-29/h1-14,20H,15-17H2,(H,26,33)(H,27,31)/t20-/m0/s1.